The molecule has 1 amide bonds. The minimum Gasteiger partial charge on any atom is -0.338 e. The standard InChI is InChI=1S/C17H12ClN3O/c1-2-10-19-17(22)16-20-15(12-6-8-13(18)9-7-12)14-5-3-4-11-21(14)16/h1,3-9,11H,10H2,(H,19,22). The monoisotopic (exact) mass is 309 g/mol. The van der Waals surface area contributed by atoms with Gasteiger partial charge in [0.1, 0.15) is 0 Å². The van der Waals surface area contributed by atoms with Gasteiger partial charge in [0.2, 0.25) is 5.82 Å². The minimum atomic E-state index is -0.306. The van der Waals surface area contributed by atoms with E-state index in [0.29, 0.717) is 10.8 Å². The molecule has 0 saturated heterocycles. The number of hydrogen-bond acceptors (Lipinski definition) is 2. The van der Waals surface area contributed by atoms with Crippen LogP contribution in [0.4, 0.5) is 0 Å². The molecular weight excluding hydrogens is 298 g/mol. The molecule has 1 N–H and O–H groups in total. The molecule has 0 unspecified atom stereocenters. The number of aromatic nitrogens is 2. The van der Waals surface area contributed by atoms with Gasteiger partial charge in [-0.15, -0.1) is 6.42 Å². The number of carbonyl (C=O) groups is 1. The largest absolute Gasteiger partial charge is 0.338 e. The van der Waals surface area contributed by atoms with Crippen LogP contribution in [-0.2, 0) is 0 Å². The lowest BCUT2D eigenvalue weighted by atomic mass is 10.1. The van der Waals surface area contributed by atoms with E-state index in [-0.39, 0.29) is 12.5 Å². The maximum atomic E-state index is 12.2. The first-order valence-corrected chi connectivity index (χ1v) is 7.03. The van der Waals surface area contributed by atoms with Crippen molar-refractivity contribution >= 4 is 23.0 Å². The van der Waals surface area contributed by atoms with Crippen molar-refractivity contribution in [2.75, 3.05) is 6.54 Å². The molecule has 3 aromatic rings. The number of rotatable bonds is 3. The Hall–Kier alpha value is -2.77. The summed E-state index contributed by atoms with van der Waals surface area (Å²) in [4.78, 5) is 16.7. The lowest BCUT2D eigenvalue weighted by molar-refractivity contribution is 0.0948. The predicted octanol–water partition coefficient (Wildman–Crippen LogP) is 3.02. The van der Waals surface area contributed by atoms with Gasteiger partial charge in [-0.25, -0.2) is 4.98 Å². The van der Waals surface area contributed by atoms with Crippen molar-refractivity contribution in [1.29, 1.82) is 0 Å². The van der Waals surface area contributed by atoms with E-state index in [9.17, 15) is 4.79 Å². The molecule has 0 fully saturated rings. The quantitative estimate of drug-likeness (QED) is 0.756. The van der Waals surface area contributed by atoms with Crippen LogP contribution in [0.3, 0.4) is 0 Å². The Kier molecular flexibility index (Phi) is 3.82. The highest BCUT2D eigenvalue weighted by molar-refractivity contribution is 6.30. The third-order valence-corrected chi connectivity index (χ3v) is 3.47. The number of terminal acetylenes is 1. The maximum Gasteiger partial charge on any atom is 0.288 e. The zero-order valence-corrected chi connectivity index (χ0v) is 12.3. The molecule has 22 heavy (non-hydrogen) atoms. The summed E-state index contributed by atoms with van der Waals surface area (Å²) >= 11 is 5.92. The molecule has 2 heterocycles. The molecule has 0 aliphatic carbocycles. The first-order valence-electron chi connectivity index (χ1n) is 6.65. The fourth-order valence-corrected chi connectivity index (χ4v) is 2.35. The SMILES string of the molecule is C#CCNC(=O)c1nc(-c2ccc(Cl)cc2)c2ccccn12. The van der Waals surface area contributed by atoms with E-state index in [2.05, 4.69) is 16.2 Å². The predicted molar refractivity (Wildman–Crippen MR) is 86.8 cm³/mol. The Labute approximate surface area is 132 Å². The number of carbonyl (C=O) groups excluding carboxylic acids is 1. The molecule has 0 aliphatic heterocycles. The van der Waals surface area contributed by atoms with Gasteiger partial charge in [0.25, 0.3) is 5.91 Å². The van der Waals surface area contributed by atoms with E-state index >= 15 is 0 Å². The summed E-state index contributed by atoms with van der Waals surface area (Å²) in [6.07, 6.45) is 6.97. The molecule has 0 atom stereocenters. The molecule has 0 saturated carbocycles. The summed E-state index contributed by atoms with van der Waals surface area (Å²) in [6, 6.07) is 13.0. The number of pyridine rings is 1. The van der Waals surface area contributed by atoms with Crippen LogP contribution >= 0.6 is 11.6 Å². The lowest BCUT2D eigenvalue weighted by Crippen LogP contribution is -2.25. The third-order valence-electron chi connectivity index (χ3n) is 3.22. The van der Waals surface area contributed by atoms with Crippen LogP contribution < -0.4 is 5.32 Å². The molecule has 1 aromatic carbocycles. The second kappa shape index (κ2) is 5.92. The number of hydrogen-bond donors (Lipinski definition) is 1. The van der Waals surface area contributed by atoms with Gasteiger partial charge in [-0.3, -0.25) is 9.20 Å². The molecule has 4 nitrogen and oxygen atoms in total. The average molecular weight is 310 g/mol. The van der Waals surface area contributed by atoms with Crippen LogP contribution in [0, 0.1) is 12.3 Å². The lowest BCUT2D eigenvalue weighted by Gasteiger charge is -2.00. The Bertz CT molecular complexity index is 875. The third kappa shape index (κ3) is 2.54. The zero-order chi connectivity index (χ0) is 15.5. The van der Waals surface area contributed by atoms with E-state index < -0.39 is 0 Å². The summed E-state index contributed by atoms with van der Waals surface area (Å²) in [7, 11) is 0. The van der Waals surface area contributed by atoms with E-state index in [4.69, 9.17) is 18.0 Å². The average Bonchev–Trinajstić information content (AvgIpc) is 2.93. The highest BCUT2D eigenvalue weighted by Crippen LogP contribution is 2.26. The fraction of sp³-hybridized carbons (Fsp3) is 0.0588. The Morgan fingerprint density at radius 1 is 1.27 bits per heavy atom. The molecule has 3 rings (SSSR count). The van der Waals surface area contributed by atoms with E-state index in [1.165, 1.54) is 0 Å². The minimum absolute atomic E-state index is 0.164. The van der Waals surface area contributed by atoms with Gasteiger partial charge in [-0.2, -0.15) is 0 Å². The smallest absolute Gasteiger partial charge is 0.288 e. The maximum absolute atomic E-state index is 12.2. The number of benzene rings is 1. The Morgan fingerprint density at radius 2 is 2.05 bits per heavy atom. The molecule has 0 radical (unpaired) electrons. The number of imidazole rings is 1. The second-order valence-corrected chi connectivity index (χ2v) is 5.07. The number of nitrogens with zero attached hydrogens (tertiary/aromatic N) is 2. The van der Waals surface area contributed by atoms with Crippen LogP contribution in [0.15, 0.2) is 48.7 Å². The van der Waals surface area contributed by atoms with E-state index in [0.717, 1.165) is 16.8 Å². The van der Waals surface area contributed by atoms with Gasteiger partial charge in [-0.05, 0) is 24.3 Å². The van der Waals surface area contributed by atoms with Crippen molar-refractivity contribution in [3.63, 3.8) is 0 Å². The van der Waals surface area contributed by atoms with Gasteiger partial charge in [0.05, 0.1) is 17.8 Å². The van der Waals surface area contributed by atoms with Crippen LogP contribution in [0.2, 0.25) is 5.02 Å². The molecule has 2 aromatic heterocycles. The zero-order valence-electron chi connectivity index (χ0n) is 11.6. The Balaban J connectivity index is 2.14. The van der Waals surface area contributed by atoms with Crippen molar-refractivity contribution < 1.29 is 4.79 Å². The fourth-order valence-electron chi connectivity index (χ4n) is 2.23. The van der Waals surface area contributed by atoms with Crippen LogP contribution in [0.1, 0.15) is 10.6 Å². The highest BCUT2D eigenvalue weighted by atomic mass is 35.5. The Morgan fingerprint density at radius 3 is 2.77 bits per heavy atom. The molecule has 0 bridgehead atoms. The summed E-state index contributed by atoms with van der Waals surface area (Å²) in [5, 5.41) is 3.29. The first kappa shape index (κ1) is 14.2. The van der Waals surface area contributed by atoms with Crippen molar-refractivity contribution in [3.05, 3.63) is 59.5 Å². The molecular formula is C17H12ClN3O. The van der Waals surface area contributed by atoms with Gasteiger partial charge in [0.15, 0.2) is 0 Å². The van der Waals surface area contributed by atoms with Gasteiger partial charge >= 0.3 is 0 Å². The number of nitrogens with one attached hydrogen (secondary N) is 1. The molecule has 5 heteroatoms. The van der Waals surface area contributed by atoms with Crippen molar-refractivity contribution in [2.24, 2.45) is 0 Å². The summed E-state index contributed by atoms with van der Waals surface area (Å²) in [5.74, 6) is 2.37. The number of amides is 1. The van der Waals surface area contributed by atoms with Crippen molar-refractivity contribution in [3.8, 4) is 23.6 Å². The topological polar surface area (TPSA) is 46.4 Å². The number of fused-ring (bicyclic) bond motifs is 1. The number of halogens is 1. The summed E-state index contributed by atoms with van der Waals surface area (Å²) < 4.78 is 1.75. The van der Waals surface area contributed by atoms with Crippen LogP contribution in [0.25, 0.3) is 16.8 Å². The van der Waals surface area contributed by atoms with Gasteiger partial charge in [-0.1, -0.05) is 35.7 Å². The summed E-state index contributed by atoms with van der Waals surface area (Å²) in [5.41, 5.74) is 2.46. The van der Waals surface area contributed by atoms with Gasteiger partial charge in [0, 0.05) is 16.8 Å². The van der Waals surface area contributed by atoms with Crippen molar-refractivity contribution in [1.82, 2.24) is 14.7 Å². The van der Waals surface area contributed by atoms with Crippen LogP contribution in [0.5, 0.6) is 0 Å². The first-order chi connectivity index (χ1) is 10.7. The van der Waals surface area contributed by atoms with E-state index in [1.807, 2.05) is 30.3 Å². The highest BCUT2D eigenvalue weighted by Gasteiger charge is 2.17. The van der Waals surface area contributed by atoms with Gasteiger partial charge < -0.3 is 5.32 Å². The van der Waals surface area contributed by atoms with Crippen molar-refractivity contribution in [2.45, 2.75) is 0 Å². The second-order valence-electron chi connectivity index (χ2n) is 4.63. The molecule has 108 valence electrons. The molecule has 0 spiro atoms. The molecule has 0 aliphatic rings. The van der Waals surface area contributed by atoms with E-state index in [1.54, 1.807) is 22.7 Å². The van der Waals surface area contributed by atoms with Crippen LogP contribution in [-0.4, -0.2) is 21.8 Å². The summed E-state index contributed by atoms with van der Waals surface area (Å²) in [6.45, 7) is 0.164. The normalized spacial score (nSPS) is 10.4.